The second kappa shape index (κ2) is 7.36. The summed E-state index contributed by atoms with van der Waals surface area (Å²) in [6, 6.07) is 5.18. The lowest BCUT2D eigenvalue weighted by molar-refractivity contribution is 0.0615. The summed E-state index contributed by atoms with van der Waals surface area (Å²) in [4.78, 5) is 13.8. The van der Waals surface area contributed by atoms with Crippen LogP contribution in [0.25, 0.3) is 11.0 Å². The molecule has 0 spiro atoms. The molecule has 0 bridgehead atoms. The summed E-state index contributed by atoms with van der Waals surface area (Å²) < 4.78 is 11.1. The highest BCUT2D eigenvalue weighted by molar-refractivity contribution is 5.82. The highest BCUT2D eigenvalue weighted by atomic mass is 16.5. The molecular formula is C19H25NO4. The monoisotopic (exact) mass is 331 g/mol. The zero-order valence-electron chi connectivity index (χ0n) is 14.4. The molecule has 24 heavy (non-hydrogen) atoms. The molecule has 1 aromatic heterocycles. The number of aliphatic hydroxyl groups is 1. The maximum absolute atomic E-state index is 11.5. The van der Waals surface area contributed by atoms with E-state index in [9.17, 15) is 9.90 Å². The summed E-state index contributed by atoms with van der Waals surface area (Å²) in [6.07, 6.45) is 3.20. The Bertz CT molecular complexity index is 762. The summed E-state index contributed by atoms with van der Waals surface area (Å²) in [5.41, 5.74) is 1.98. The minimum absolute atomic E-state index is 0.263. The molecule has 1 fully saturated rings. The molecule has 0 amide bonds. The smallest absolute Gasteiger partial charge is 0.336 e. The molecule has 0 saturated carbocycles. The molecule has 3 rings (SSSR count). The third kappa shape index (κ3) is 3.97. The fraction of sp³-hybridized carbons (Fsp3) is 0.526. The number of ether oxygens (including phenoxy) is 1. The Balaban J connectivity index is 1.68. The molecule has 2 heterocycles. The molecule has 1 atom stereocenters. The van der Waals surface area contributed by atoms with Gasteiger partial charge in [-0.05, 0) is 63.0 Å². The highest BCUT2D eigenvalue weighted by Gasteiger charge is 2.16. The van der Waals surface area contributed by atoms with E-state index in [1.165, 1.54) is 25.3 Å². The van der Waals surface area contributed by atoms with Crippen LogP contribution in [-0.4, -0.2) is 42.4 Å². The molecule has 1 aliphatic rings. The lowest BCUT2D eigenvalue weighted by atomic mass is 10.1. The predicted molar refractivity (Wildman–Crippen MR) is 93.8 cm³/mol. The number of piperidine rings is 1. The number of hydrogen-bond donors (Lipinski definition) is 1. The van der Waals surface area contributed by atoms with Crippen molar-refractivity contribution >= 4 is 11.0 Å². The maximum Gasteiger partial charge on any atom is 0.336 e. The molecule has 5 nitrogen and oxygen atoms in total. The van der Waals surface area contributed by atoms with Gasteiger partial charge in [-0.2, -0.15) is 0 Å². The first-order chi connectivity index (χ1) is 11.5. The summed E-state index contributed by atoms with van der Waals surface area (Å²) in [5, 5.41) is 11.1. The summed E-state index contributed by atoms with van der Waals surface area (Å²) in [6.45, 7) is 6.82. The number of β-amino-alcohol motifs (C(OH)–C–C–N with tert-alkyl or cyclic N) is 1. The van der Waals surface area contributed by atoms with Crippen LogP contribution in [0, 0.1) is 13.8 Å². The quantitative estimate of drug-likeness (QED) is 0.854. The minimum atomic E-state index is -0.506. The number of likely N-dealkylation sites (tertiary alicyclic amines) is 1. The Morgan fingerprint density at radius 1 is 1.17 bits per heavy atom. The van der Waals surface area contributed by atoms with Crippen LogP contribution < -0.4 is 10.4 Å². The van der Waals surface area contributed by atoms with E-state index in [-0.39, 0.29) is 12.2 Å². The zero-order chi connectivity index (χ0) is 17.1. The van der Waals surface area contributed by atoms with Crippen molar-refractivity contribution in [1.82, 2.24) is 4.90 Å². The molecule has 130 valence electrons. The topological polar surface area (TPSA) is 62.9 Å². The molecule has 1 saturated heterocycles. The van der Waals surface area contributed by atoms with Crippen molar-refractivity contribution in [3.63, 3.8) is 0 Å². The molecule has 2 aromatic rings. The Kier molecular flexibility index (Phi) is 5.21. The highest BCUT2D eigenvalue weighted by Crippen LogP contribution is 2.27. The number of hydrogen-bond acceptors (Lipinski definition) is 5. The number of aryl methyl sites for hydroxylation is 2. The first kappa shape index (κ1) is 17.0. The van der Waals surface area contributed by atoms with Gasteiger partial charge in [-0.15, -0.1) is 0 Å². The van der Waals surface area contributed by atoms with Crippen LogP contribution in [-0.2, 0) is 0 Å². The van der Waals surface area contributed by atoms with Crippen molar-refractivity contribution in [3.05, 3.63) is 39.7 Å². The molecule has 0 radical (unpaired) electrons. The number of rotatable bonds is 5. The van der Waals surface area contributed by atoms with Crippen molar-refractivity contribution in [2.75, 3.05) is 26.2 Å². The number of nitrogens with zero attached hydrogens (tertiary/aromatic N) is 1. The van der Waals surface area contributed by atoms with Crippen LogP contribution in [0.1, 0.15) is 30.4 Å². The largest absolute Gasteiger partial charge is 0.491 e. The second-order valence-electron chi connectivity index (χ2n) is 6.69. The van der Waals surface area contributed by atoms with E-state index in [4.69, 9.17) is 9.15 Å². The Labute approximate surface area is 141 Å². The molecule has 5 heteroatoms. The van der Waals surface area contributed by atoms with Crippen LogP contribution in [0.5, 0.6) is 5.75 Å². The van der Waals surface area contributed by atoms with Crippen LogP contribution in [0.3, 0.4) is 0 Å². The van der Waals surface area contributed by atoms with Gasteiger partial charge in [0.2, 0.25) is 0 Å². The van der Waals surface area contributed by atoms with E-state index in [2.05, 4.69) is 4.90 Å². The standard InChI is InChI=1S/C19H25NO4/c1-13-9-19(22)24-18-8-14(2)17(10-16(13)18)23-12-15(21)11-20-6-4-3-5-7-20/h8-10,15,21H,3-7,11-12H2,1-2H3. The van der Waals surface area contributed by atoms with Gasteiger partial charge in [0, 0.05) is 18.0 Å². The van der Waals surface area contributed by atoms with E-state index in [0.717, 1.165) is 35.4 Å². The van der Waals surface area contributed by atoms with Crippen LogP contribution in [0.15, 0.2) is 27.4 Å². The van der Waals surface area contributed by atoms with Crippen molar-refractivity contribution in [3.8, 4) is 5.75 Å². The van der Waals surface area contributed by atoms with Gasteiger partial charge in [0.05, 0.1) is 0 Å². The van der Waals surface area contributed by atoms with Crippen molar-refractivity contribution in [2.24, 2.45) is 0 Å². The van der Waals surface area contributed by atoms with Gasteiger partial charge >= 0.3 is 5.63 Å². The van der Waals surface area contributed by atoms with Crippen molar-refractivity contribution < 1.29 is 14.3 Å². The normalized spacial score (nSPS) is 17.1. The Hall–Kier alpha value is -1.85. The van der Waals surface area contributed by atoms with E-state index in [0.29, 0.717) is 12.1 Å². The van der Waals surface area contributed by atoms with Crippen LogP contribution in [0.4, 0.5) is 0 Å². The Morgan fingerprint density at radius 3 is 2.67 bits per heavy atom. The number of fused-ring (bicyclic) bond motifs is 1. The first-order valence-corrected chi connectivity index (χ1v) is 8.61. The molecule has 1 unspecified atom stereocenters. The Morgan fingerprint density at radius 2 is 1.92 bits per heavy atom. The third-order valence-corrected chi connectivity index (χ3v) is 4.60. The molecule has 1 aliphatic heterocycles. The second-order valence-corrected chi connectivity index (χ2v) is 6.69. The lowest BCUT2D eigenvalue weighted by Gasteiger charge is -2.28. The predicted octanol–water partition coefficient (Wildman–Crippen LogP) is 2.64. The molecular weight excluding hydrogens is 306 g/mol. The van der Waals surface area contributed by atoms with Gasteiger partial charge in [-0.1, -0.05) is 6.42 Å². The van der Waals surface area contributed by atoms with Gasteiger partial charge in [-0.3, -0.25) is 0 Å². The van der Waals surface area contributed by atoms with Gasteiger partial charge in [0.1, 0.15) is 24.0 Å². The zero-order valence-corrected chi connectivity index (χ0v) is 14.4. The average Bonchev–Trinajstić information content (AvgIpc) is 2.54. The third-order valence-electron chi connectivity index (χ3n) is 4.60. The van der Waals surface area contributed by atoms with Gasteiger partial charge in [-0.25, -0.2) is 4.79 Å². The summed E-state index contributed by atoms with van der Waals surface area (Å²) in [5.74, 6) is 0.720. The lowest BCUT2D eigenvalue weighted by Crippen LogP contribution is -2.38. The molecule has 1 aromatic carbocycles. The van der Waals surface area contributed by atoms with E-state index in [1.54, 1.807) is 0 Å². The summed E-state index contributed by atoms with van der Waals surface area (Å²) >= 11 is 0. The van der Waals surface area contributed by atoms with Crippen molar-refractivity contribution in [1.29, 1.82) is 0 Å². The van der Waals surface area contributed by atoms with Gasteiger partial charge in [0.15, 0.2) is 0 Å². The fourth-order valence-electron chi connectivity index (χ4n) is 3.28. The maximum atomic E-state index is 11.5. The number of benzene rings is 1. The van der Waals surface area contributed by atoms with E-state index in [1.807, 2.05) is 26.0 Å². The summed E-state index contributed by atoms with van der Waals surface area (Å²) in [7, 11) is 0. The van der Waals surface area contributed by atoms with Gasteiger partial charge < -0.3 is 19.2 Å². The van der Waals surface area contributed by atoms with E-state index < -0.39 is 6.10 Å². The SMILES string of the molecule is Cc1cc2oc(=O)cc(C)c2cc1OCC(O)CN1CCCCC1. The van der Waals surface area contributed by atoms with Crippen molar-refractivity contribution in [2.45, 2.75) is 39.2 Å². The van der Waals surface area contributed by atoms with E-state index >= 15 is 0 Å². The number of aliphatic hydroxyl groups excluding tert-OH is 1. The average molecular weight is 331 g/mol. The fourth-order valence-corrected chi connectivity index (χ4v) is 3.28. The van der Waals surface area contributed by atoms with Gasteiger partial charge in [0.25, 0.3) is 0 Å². The molecule has 0 aliphatic carbocycles. The van der Waals surface area contributed by atoms with Crippen LogP contribution in [0.2, 0.25) is 0 Å². The molecule has 1 N–H and O–H groups in total. The first-order valence-electron chi connectivity index (χ1n) is 8.61. The minimum Gasteiger partial charge on any atom is -0.491 e. The van der Waals surface area contributed by atoms with Crippen LogP contribution >= 0.6 is 0 Å².